The number of halogens is 1. The standard InChI is InChI=1S/C21H31ClN2O3/c22-17-5-4-8-20(15-17)26-14-11-23-21(25)16-24-12-9-19(10-13-24)27-18-6-2-1-3-7-18/h4-5,8,15,18-19H,1-3,6-7,9-14,16H2,(H,23,25). The van der Waals surface area contributed by atoms with E-state index in [1.165, 1.54) is 32.1 Å². The molecular formula is C21H31ClN2O3. The molecule has 150 valence electrons. The van der Waals surface area contributed by atoms with Crippen molar-refractivity contribution in [1.29, 1.82) is 0 Å². The van der Waals surface area contributed by atoms with Gasteiger partial charge in [-0.1, -0.05) is 36.9 Å². The van der Waals surface area contributed by atoms with Crippen molar-refractivity contribution in [3.63, 3.8) is 0 Å². The van der Waals surface area contributed by atoms with Gasteiger partial charge in [0.05, 0.1) is 25.3 Å². The Morgan fingerprint density at radius 1 is 1.11 bits per heavy atom. The Balaban J connectivity index is 1.25. The zero-order valence-electron chi connectivity index (χ0n) is 16.0. The van der Waals surface area contributed by atoms with E-state index in [4.69, 9.17) is 21.1 Å². The van der Waals surface area contributed by atoms with E-state index in [-0.39, 0.29) is 5.91 Å². The number of hydrogen-bond acceptors (Lipinski definition) is 4. The molecule has 0 spiro atoms. The Bertz CT molecular complexity index is 585. The highest BCUT2D eigenvalue weighted by molar-refractivity contribution is 6.30. The number of hydrogen-bond donors (Lipinski definition) is 1. The van der Waals surface area contributed by atoms with Gasteiger partial charge in [-0.05, 0) is 43.9 Å². The number of amides is 1. The summed E-state index contributed by atoms with van der Waals surface area (Å²) in [5.41, 5.74) is 0. The summed E-state index contributed by atoms with van der Waals surface area (Å²) in [5, 5.41) is 3.57. The number of likely N-dealkylation sites (tertiary alicyclic amines) is 1. The summed E-state index contributed by atoms with van der Waals surface area (Å²) in [4.78, 5) is 14.3. The zero-order valence-corrected chi connectivity index (χ0v) is 16.8. The quantitative estimate of drug-likeness (QED) is 0.684. The SMILES string of the molecule is O=C(CN1CCC(OC2CCCCC2)CC1)NCCOc1cccc(Cl)c1. The Labute approximate surface area is 167 Å². The largest absolute Gasteiger partial charge is 0.492 e. The summed E-state index contributed by atoms with van der Waals surface area (Å²) in [5.74, 6) is 0.771. The van der Waals surface area contributed by atoms with Crippen molar-refractivity contribution in [3.8, 4) is 5.75 Å². The fraction of sp³-hybridized carbons (Fsp3) is 0.667. The number of nitrogens with zero attached hydrogens (tertiary/aromatic N) is 1. The van der Waals surface area contributed by atoms with Crippen LogP contribution in [0.25, 0.3) is 0 Å². The van der Waals surface area contributed by atoms with E-state index >= 15 is 0 Å². The maximum absolute atomic E-state index is 12.1. The van der Waals surface area contributed by atoms with E-state index in [1.54, 1.807) is 12.1 Å². The first-order valence-electron chi connectivity index (χ1n) is 10.2. The second kappa shape index (κ2) is 10.9. The van der Waals surface area contributed by atoms with Crippen molar-refractivity contribution in [2.24, 2.45) is 0 Å². The monoisotopic (exact) mass is 394 g/mol. The van der Waals surface area contributed by atoms with Crippen LogP contribution in [0.5, 0.6) is 5.75 Å². The van der Waals surface area contributed by atoms with Gasteiger partial charge in [0.2, 0.25) is 5.91 Å². The molecule has 1 N–H and O–H groups in total. The molecule has 1 aliphatic carbocycles. The smallest absolute Gasteiger partial charge is 0.234 e. The molecule has 0 atom stereocenters. The maximum atomic E-state index is 12.1. The van der Waals surface area contributed by atoms with Crippen molar-refractivity contribution in [1.82, 2.24) is 10.2 Å². The number of benzene rings is 1. The average Bonchev–Trinajstić information content (AvgIpc) is 2.68. The molecule has 1 saturated heterocycles. The van der Waals surface area contributed by atoms with Crippen molar-refractivity contribution in [2.45, 2.75) is 57.2 Å². The number of nitrogens with one attached hydrogen (secondary N) is 1. The third-order valence-corrected chi connectivity index (χ3v) is 5.56. The first-order chi connectivity index (χ1) is 13.2. The minimum Gasteiger partial charge on any atom is -0.492 e. The third kappa shape index (κ3) is 7.32. The predicted octanol–water partition coefficient (Wildman–Crippen LogP) is 3.65. The molecule has 27 heavy (non-hydrogen) atoms. The fourth-order valence-electron chi connectivity index (χ4n) is 3.85. The van der Waals surface area contributed by atoms with Crippen LogP contribution in [0.1, 0.15) is 44.9 Å². The lowest BCUT2D eigenvalue weighted by Crippen LogP contribution is -2.44. The molecule has 0 radical (unpaired) electrons. The lowest BCUT2D eigenvalue weighted by Gasteiger charge is -2.34. The minimum absolute atomic E-state index is 0.0522. The van der Waals surface area contributed by atoms with Crippen LogP contribution in [-0.4, -0.2) is 55.8 Å². The molecule has 3 rings (SSSR count). The molecule has 0 unspecified atom stereocenters. The van der Waals surface area contributed by atoms with E-state index in [0.29, 0.717) is 36.9 Å². The first-order valence-corrected chi connectivity index (χ1v) is 10.6. The van der Waals surface area contributed by atoms with Crippen LogP contribution in [0, 0.1) is 0 Å². The molecular weight excluding hydrogens is 364 g/mol. The number of rotatable bonds is 8. The third-order valence-electron chi connectivity index (χ3n) is 5.33. The zero-order chi connectivity index (χ0) is 18.9. The highest BCUT2D eigenvalue weighted by Crippen LogP contribution is 2.24. The van der Waals surface area contributed by atoms with E-state index in [0.717, 1.165) is 31.7 Å². The van der Waals surface area contributed by atoms with Gasteiger partial charge in [0.1, 0.15) is 12.4 Å². The van der Waals surface area contributed by atoms with Gasteiger partial charge in [0.15, 0.2) is 0 Å². The summed E-state index contributed by atoms with van der Waals surface area (Å²) in [6.07, 6.45) is 9.33. The van der Waals surface area contributed by atoms with Gasteiger partial charge in [-0.3, -0.25) is 9.69 Å². The van der Waals surface area contributed by atoms with Gasteiger partial charge in [-0.2, -0.15) is 0 Å². The van der Waals surface area contributed by atoms with E-state index in [2.05, 4.69) is 10.2 Å². The van der Waals surface area contributed by atoms with Gasteiger partial charge in [-0.15, -0.1) is 0 Å². The van der Waals surface area contributed by atoms with Crippen LogP contribution in [0.15, 0.2) is 24.3 Å². The topological polar surface area (TPSA) is 50.8 Å². The van der Waals surface area contributed by atoms with Crippen molar-refractivity contribution in [3.05, 3.63) is 29.3 Å². The minimum atomic E-state index is 0.0522. The second-order valence-electron chi connectivity index (χ2n) is 7.53. The highest BCUT2D eigenvalue weighted by Gasteiger charge is 2.24. The van der Waals surface area contributed by atoms with Gasteiger partial charge in [0, 0.05) is 18.1 Å². The molecule has 1 aliphatic heterocycles. The second-order valence-corrected chi connectivity index (χ2v) is 7.96. The van der Waals surface area contributed by atoms with Crippen molar-refractivity contribution < 1.29 is 14.3 Å². The summed E-state index contributed by atoms with van der Waals surface area (Å²) in [7, 11) is 0. The van der Waals surface area contributed by atoms with Crippen molar-refractivity contribution >= 4 is 17.5 Å². The lowest BCUT2D eigenvalue weighted by molar-refractivity contribution is -0.123. The maximum Gasteiger partial charge on any atom is 0.234 e. The van der Waals surface area contributed by atoms with E-state index < -0.39 is 0 Å². The lowest BCUT2D eigenvalue weighted by atomic mass is 9.97. The van der Waals surface area contributed by atoms with Crippen LogP contribution >= 0.6 is 11.6 Å². The number of carbonyl (C=O) groups is 1. The molecule has 2 aliphatic rings. The Morgan fingerprint density at radius 2 is 1.85 bits per heavy atom. The molecule has 1 saturated carbocycles. The van der Waals surface area contributed by atoms with E-state index in [9.17, 15) is 4.79 Å². The average molecular weight is 395 g/mol. The fourth-order valence-corrected chi connectivity index (χ4v) is 4.03. The molecule has 2 fully saturated rings. The first kappa shape index (κ1) is 20.4. The van der Waals surface area contributed by atoms with Gasteiger partial charge in [-0.25, -0.2) is 0 Å². The molecule has 1 aromatic carbocycles. The van der Waals surface area contributed by atoms with Crippen LogP contribution in [0.2, 0.25) is 5.02 Å². The molecule has 5 nitrogen and oxygen atoms in total. The predicted molar refractivity (Wildman–Crippen MR) is 107 cm³/mol. The van der Waals surface area contributed by atoms with E-state index in [1.807, 2.05) is 12.1 Å². The van der Waals surface area contributed by atoms with Crippen LogP contribution in [-0.2, 0) is 9.53 Å². The highest BCUT2D eigenvalue weighted by atomic mass is 35.5. The summed E-state index contributed by atoms with van der Waals surface area (Å²) in [6.45, 7) is 3.25. The van der Waals surface area contributed by atoms with Crippen molar-refractivity contribution in [2.75, 3.05) is 32.8 Å². The number of ether oxygens (including phenoxy) is 2. The summed E-state index contributed by atoms with van der Waals surface area (Å²) < 4.78 is 11.8. The van der Waals surface area contributed by atoms with Crippen LogP contribution in [0.4, 0.5) is 0 Å². The van der Waals surface area contributed by atoms with Gasteiger partial charge in [0.25, 0.3) is 0 Å². The molecule has 0 bridgehead atoms. The van der Waals surface area contributed by atoms with Crippen LogP contribution in [0.3, 0.4) is 0 Å². The molecule has 6 heteroatoms. The molecule has 0 aromatic heterocycles. The molecule has 1 amide bonds. The van der Waals surface area contributed by atoms with Gasteiger partial charge < -0.3 is 14.8 Å². The molecule has 1 aromatic rings. The van der Waals surface area contributed by atoms with Crippen LogP contribution < -0.4 is 10.1 Å². The number of carbonyl (C=O) groups excluding carboxylic acids is 1. The Kier molecular flexibility index (Phi) is 8.24. The summed E-state index contributed by atoms with van der Waals surface area (Å²) >= 11 is 5.92. The summed E-state index contributed by atoms with van der Waals surface area (Å²) in [6, 6.07) is 7.27. The van der Waals surface area contributed by atoms with Gasteiger partial charge >= 0.3 is 0 Å². The Hall–Kier alpha value is -1.30. The Morgan fingerprint density at radius 3 is 2.59 bits per heavy atom. The normalized spacial score (nSPS) is 19.7. The number of piperidine rings is 1. The molecule has 1 heterocycles.